The van der Waals surface area contributed by atoms with E-state index in [0.717, 1.165) is 4.68 Å². The first kappa shape index (κ1) is 13.5. The molecule has 0 fully saturated rings. The van der Waals surface area contributed by atoms with E-state index in [0.29, 0.717) is 5.75 Å². The van der Waals surface area contributed by atoms with Gasteiger partial charge < -0.3 is 17.7 Å². The third kappa shape index (κ3) is 5.06. The molecule has 1 rings (SSSR count). The summed E-state index contributed by atoms with van der Waals surface area (Å²) in [4.78, 5) is 0. The maximum Gasteiger partial charge on any atom is 1.00 e. The van der Waals surface area contributed by atoms with Crippen LogP contribution in [-0.4, -0.2) is 23.9 Å². The number of ether oxygens (including phenoxy) is 1. The Morgan fingerprint density at radius 3 is 2.54 bits per heavy atom. The van der Waals surface area contributed by atoms with Gasteiger partial charge in [0.25, 0.3) is 0 Å². The zero-order chi connectivity index (χ0) is 9.19. The summed E-state index contributed by atoms with van der Waals surface area (Å²) in [7, 11) is 1.38. The smallest absolute Gasteiger partial charge is 0.493 e. The molecule has 0 unspecified atom stereocenters. The van der Waals surface area contributed by atoms with Gasteiger partial charge in [0.15, 0.2) is 5.75 Å². The maximum absolute atomic E-state index is 11.8. The van der Waals surface area contributed by atoms with Crippen LogP contribution in [0.4, 0.5) is 12.9 Å². The van der Waals surface area contributed by atoms with Crippen molar-refractivity contribution < 1.29 is 69.1 Å². The van der Waals surface area contributed by atoms with E-state index in [9.17, 15) is 12.9 Å². The van der Waals surface area contributed by atoms with E-state index < -0.39 is 13.4 Å². The van der Waals surface area contributed by atoms with Crippen LogP contribution >= 0.6 is 0 Å². The summed E-state index contributed by atoms with van der Waals surface area (Å²) in [6, 6.07) is 0. The monoisotopic (exact) mass is 218 g/mol. The molecular formula is C5H7BF3KN2O. The zero-order valence-electron chi connectivity index (χ0n) is 7.38. The van der Waals surface area contributed by atoms with Crippen LogP contribution < -0.4 is 56.1 Å². The van der Waals surface area contributed by atoms with Gasteiger partial charge in [0.05, 0.1) is 19.5 Å². The van der Waals surface area contributed by atoms with Crippen LogP contribution in [0, 0.1) is 0 Å². The molecule has 0 aliphatic carbocycles. The Morgan fingerprint density at radius 2 is 2.15 bits per heavy atom. The Kier molecular flexibility index (Phi) is 5.61. The molecule has 68 valence electrons. The van der Waals surface area contributed by atoms with Gasteiger partial charge in [-0.05, 0) is 0 Å². The number of nitrogens with zero attached hydrogens (tertiary/aromatic N) is 2. The van der Waals surface area contributed by atoms with Crippen molar-refractivity contribution in [2.75, 3.05) is 7.11 Å². The number of hydrogen-bond donors (Lipinski definition) is 0. The predicted octanol–water partition coefficient (Wildman–Crippen LogP) is -1.72. The molecule has 0 saturated carbocycles. The van der Waals surface area contributed by atoms with Gasteiger partial charge in [-0.1, -0.05) is 0 Å². The van der Waals surface area contributed by atoms with E-state index in [1.54, 1.807) is 0 Å². The van der Waals surface area contributed by atoms with Crippen LogP contribution in [0.25, 0.3) is 0 Å². The second-order valence-electron chi connectivity index (χ2n) is 2.31. The van der Waals surface area contributed by atoms with E-state index in [1.165, 1.54) is 19.5 Å². The topological polar surface area (TPSA) is 27.1 Å². The van der Waals surface area contributed by atoms with E-state index in [2.05, 4.69) is 9.84 Å². The van der Waals surface area contributed by atoms with Crippen molar-refractivity contribution in [2.45, 2.75) is 6.44 Å². The molecule has 0 bridgehead atoms. The average Bonchev–Trinajstić information content (AvgIpc) is 2.32. The first-order chi connectivity index (χ1) is 5.51. The Labute approximate surface area is 116 Å². The Morgan fingerprint density at radius 1 is 1.54 bits per heavy atom. The van der Waals surface area contributed by atoms with Gasteiger partial charge in [0, 0.05) is 6.44 Å². The van der Waals surface area contributed by atoms with Crippen LogP contribution in [0.1, 0.15) is 0 Å². The maximum atomic E-state index is 11.8. The summed E-state index contributed by atoms with van der Waals surface area (Å²) in [5.74, 6) is 0.329. The van der Waals surface area contributed by atoms with Crippen molar-refractivity contribution >= 4 is 6.98 Å². The Bertz CT molecular complexity index is 265. The van der Waals surface area contributed by atoms with E-state index in [-0.39, 0.29) is 51.4 Å². The fourth-order valence-corrected chi connectivity index (χ4v) is 0.762. The van der Waals surface area contributed by atoms with Gasteiger partial charge in [-0.15, -0.1) is 0 Å². The standard InChI is InChI=1S/C5H7BF3N2O.K/c1-12-5-2-10-11(3-5)4-6(7,8)9;/h2-3H,4H2,1H3;/q-1;+1. The molecule has 0 N–H and O–H groups in total. The number of halogens is 3. The third-order valence-electron chi connectivity index (χ3n) is 1.24. The van der Waals surface area contributed by atoms with Crippen molar-refractivity contribution in [2.24, 2.45) is 0 Å². The molecule has 0 saturated heterocycles. The van der Waals surface area contributed by atoms with Gasteiger partial charge >= 0.3 is 58.4 Å². The van der Waals surface area contributed by atoms with E-state index >= 15 is 0 Å². The van der Waals surface area contributed by atoms with Crippen molar-refractivity contribution in [1.82, 2.24) is 9.78 Å². The summed E-state index contributed by atoms with van der Waals surface area (Å²) < 4.78 is 40.9. The summed E-state index contributed by atoms with van der Waals surface area (Å²) in [6.07, 6.45) is 1.42. The van der Waals surface area contributed by atoms with Gasteiger partial charge in [0.1, 0.15) is 0 Å². The summed E-state index contributed by atoms with van der Waals surface area (Å²) in [5, 5.41) is 3.46. The SMILES string of the molecule is COc1cnn(C[B-](F)(F)F)c1.[K+]. The zero-order valence-corrected chi connectivity index (χ0v) is 10.5. The van der Waals surface area contributed by atoms with Crippen LogP contribution in [0.2, 0.25) is 0 Å². The first-order valence-corrected chi connectivity index (χ1v) is 3.29. The van der Waals surface area contributed by atoms with Crippen molar-refractivity contribution in [3.8, 4) is 5.75 Å². The minimum atomic E-state index is -4.83. The molecule has 0 amide bonds. The molecular weight excluding hydrogens is 211 g/mol. The number of aromatic nitrogens is 2. The fourth-order valence-electron chi connectivity index (χ4n) is 0.762. The van der Waals surface area contributed by atoms with Gasteiger partial charge in [-0.2, -0.15) is 5.10 Å². The summed E-state index contributed by atoms with van der Waals surface area (Å²) in [5.41, 5.74) is 0. The minimum Gasteiger partial charge on any atom is -0.493 e. The minimum absolute atomic E-state index is 0. The molecule has 8 heteroatoms. The van der Waals surface area contributed by atoms with Crippen LogP contribution in [0.5, 0.6) is 5.75 Å². The molecule has 0 atom stereocenters. The van der Waals surface area contributed by atoms with E-state index in [1.807, 2.05) is 0 Å². The van der Waals surface area contributed by atoms with Crippen molar-refractivity contribution in [3.05, 3.63) is 12.4 Å². The number of methoxy groups -OCH3 is 1. The third-order valence-corrected chi connectivity index (χ3v) is 1.24. The van der Waals surface area contributed by atoms with Crippen LogP contribution in [0.15, 0.2) is 12.4 Å². The number of rotatable bonds is 3. The number of hydrogen-bond acceptors (Lipinski definition) is 2. The van der Waals surface area contributed by atoms with E-state index in [4.69, 9.17) is 0 Å². The molecule has 0 spiro atoms. The van der Waals surface area contributed by atoms with Gasteiger partial charge in [-0.3, -0.25) is 4.68 Å². The fraction of sp³-hybridized carbons (Fsp3) is 0.400. The predicted molar refractivity (Wildman–Crippen MR) is 37.9 cm³/mol. The summed E-state index contributed by atoms with van der Waals surface area (Å²) >= 11 is 0. The molecule has 0 aliphatic rings. The quantitative estimate of drug-likeness (QED) is 0.564. The normalized spacial score (nSPS) is 10.8. The molecule has 0 aromatic carbocycles. The average molecular weight is 218 g/mol. The van der Waals surface area contributed by atoms with Crippen LogP contribution in [0.3, 0.4) is 0 Å². The molecule has 1 aromatic heterocycles. The van der Waals surface area contributed by atoms with Crippen molar-refractivity contribution in [1.29, 1.82) is 0 Å². The molecule has 0 aliphatic heterocycles. The molecule has 0 radical (unpaired) electrons. The second kappa shape index (κ2) is 5.40. The largest absolute Gasteiger partial charge is 1.00 e. The Hall–Kier alpha value is 0.501. The molecule has 1 heterocycles. The van der Waals surface area contributed by atoms with Crippen LogP contribution in [-0.2, 0) is 6.44 Å². The molecule has 13 heavy (non-hydrogen) atoms. The van der Waals surface area contributed by atoms with Crippen molar-refractivity contribution in [3.63, 3.8) is 0 Å². The molecule has 1 aromatic rings. The molecule has 3 nitrogen and oxygen atoms in total. The summed E-state index contributed by atoms with van der Waals surface area (Å²) in [6.45, 7) is -4.83. The van der Waals surface area contributed by atoms with Gasteiger partial charge in [-0.25, -0.2) is 0 Å². The Balaban J connectivity index is 0.00000144. The first-order valence-electron chi connectivity index (χ1n) is 3.29. The second-order valence-corrected chi connectivity index (χ2v) is 2.31. The van der Waals surface area contributed by atoms with Gasteiger partial charge in [0.2, 0.25) is 0 Å².